The van der Waals surface area contributed by atoms with Crippen LogP contribution in [0.1, 0.15) is 44.9 Å². The van der Waals surface area contributed by atoms with E-state index in [2.05, 4.69) is 5.32 Å². The van der Waals surface area contributed by atoms with E-state index >= 15 is 0 Å². The minimum atomic E-state index is -3.05. The normalized spacial score (nSPS) is 27.4. The van der Waals surface area contributed by atoms with Gasteiger partial charge in [-0.3, -0.25) is 9.69 Å². The van der Waals surface area contributed by atoms with E-state index in [1.165, 1.54) is 25.5 Å². The Hall–Kier alpha value is -0.620. The molecule has 1 N–H and O–H groups in total. The van der Waals surface area contributed by atoms with Gasteiger partial charge in [0.15, 0.2) is 9.84 Å². The molecular weight excluding hydrogens is 288 g/mol. The van der Waals surface area contributed by atoms with Gasteiger partial charge in [0.05, 0.1) is 11.8 Å². The SMILES string of the molecule is CN(CC(=O)NCC1CCC1)[C@@H]1CCCC[C@@H]1S(C)(=O)=O. The number of hydrogen-bond acceptors (Lipinski definition) is 4. The van der Waals surface area contributed by atoms with E-state index in [0.717, 1.165) is 32.2 Å². The van der Waals surface area contributed by atoms with E-state index in [4.69, 9.17) is 0 Å². The first-order valence-corrected chi connectivity index (χ1v) is 9.99. The Bertz CT molecular complexity index is 460. The molecule has 122 valence electrons. The minimum Gasteiger partial charge on any atom is -0.355 e. The summed E-state index contributed by atoms with van der Waals surface area (Å²) >= 11 is 0. The molecular formula is C15H28N2O3S. The first kappa shape index (κ1) is 16.7. The summed E-state index contributed by atoms with van der Waals surface area (Å²) in [5.41, 5.74) is 0. The smallest absolute Gasteiger partial charge is 0.234 e. The second-order valence-electron chi connectivity index (χ2n) is 6.74. The Morgan fingerprint density at radius 1 is 1.14 bits per heavy atom. The Labute approximate surface area is 128 Å². The molecule has 2 rings (SSSR count). The zero-order chi connectivity index (χ0) is 15.5. The van der Waals surface area contributed by atoms with Gasteiger partial charge < -0.3 is 5.32 Å². The zero-order valence-corrected chi connectivity index (χ0v) is 14.0. The van der Waals surface area contributed by atoms with Crippen molar-refractivity contribution in [2.45, 2.75) is 56.2 Å². The minimum absolute atomic E-state index is 0.0159. The lowest BCUT2D eigenvalue weighted by atomic mass is 9.85. The van der Waals surface area contributed by atoms with Crippen LogP contribution in [-0.2, 0) is 14.6 Å². The average molecular weight is 316 g/mol. The van der Waals surface area contributed by atoms with Crippen molar-refractivity contribution in [3.8, 4) is 0 Å². The molecule has 2 saturated carbocycles. The molecule has 0 aliphatic heterocycles. The zero-order valence-electron chi connectivity index (χ0n) is 13.2. The van der Waals surface area contributed by atoms with Crippen LogP contribution in [0.5, 0.6) is 0 Å². The highest BCUT2D eigenvalue weighted by Gasteiger charge is 2.35. The molecule has 2 aliphatic carbocycles. The fourth-order valence-corrected chi connectivity index (χ4v) is 4.95. The Morgan fingerprint density at radius 2 is 1.81 bits per heavy atom. The average Bonchev–Trinajstić information content (AvgIpc) is 2.35. The molecule has 0 bridgehead atoms. The van der Waals surface area contributed by atoms with Crippen molar-refractivity contribution < 1.29 is 13.2 Å². The van der Waals surface area contributed by atoms with Crippen molar-refractivity contribution >= 4 is 15.7 Å². The molecule has 2 fully saturated rings. The summed E-state index contributed by atoms with van der Waals surface area (Å²) in [6.07, 6.45) is 8.63. The molecule has 5 nitrogen and oxygen atoms in total. The van der Waals surface area contributed by atoms with Crippen LogP contribution in [0.3, 0.4) is 0 Å². The number of likely N-dealkylation sites (N-methyl/N-ethyl adjacent to an activating group) is 1. The van der Waals surface area contributed by atoms with Gasteiger partial charge in [-0.2, -0.15) is 0 Å². The van der Waals surface area contributed by atoms with Gasteiger partial charge in [0.1, 0.15) is 0 Å². The molecule has 0 spiro atoms. The number of carbonyl (C=O) groups is 1. The number of rotatable bonds is 6. The predicted octanol–water partition coefficient (Wildman–Crippen LogP) is 1.19. The van der Waals surface area contributed by atoms with Crippen LogP contribution in [-0.4, -0.2) is 56.9 Å². The summed E-state index contributed by atoms with van der Waals surface area (Å²) in [5, 5.41) is 2.65. The number of amides is 1. The van der Waals surface area contributed by atoms with Crippen LogP contribution >= 0.6 is 0 Å². The van der Waals surface area contributed by atoms with Crippen LogP contribution in [0.4, 0.5) is 0 Å². The third-order valence-corrected chi connectivity index (χ3v) is 6.64. The summed E-state index contributed by atoms with van der Waals surface area (Å²) < 4.78 is 23.8. The quantitative estimate of drug-likeness (QED) is 0.799. The molecule has 0 aromatic heterocycles. The van der Waals surface area contributed by atoms with Crippen molar-refractivity contribution in [1.82, 2.24) is 10.2 Å². The first-order valence-electron chi connectivity index (χ1n) is 8.03. The lowest BCUT2D eigenvalue weighted by Gasteiger charge is -2.36. The summed E-state index contributed by atoms with van der Waals surface area (Å²) in [5.74, 6) is 0.667. The lowest BCUT2D eigenvalue weighted by Crippen LogP contribution is -2.50. The van der Waals surface area contributed by atoms with Gasteiger partial charge in [0.25, 0.3) is 0 Å². The molecule has 0 radical (unpaired) electrons. The van der Waals surface area contributed by atoms with E-state index in [1.807, 2.05) is 11.9 Å². The fraction of sp³-hybridized carbons (Fsp3) is 0.933. The van der Waals surface area contributed by atoms with E-state index < -0.39 is 9.84 Å². The molecule has 0 heterocycles. The van der Waals surface area contributed by atoms with Crippen molar-refractivity contribution in [3.63, 3.8) is 0 Å². The number of sulfone groups is 1. The molecule has 0 aromatic rings. The molecule has 0 unspecified atom stereocenters. The molecule has 1 amide bonds. The number of hydrogen-bond donors (Lipinski definition) is 1. The summed E-state index contributed by atoms with van der Waals surface area (Å²) in [6.45, 7) is 1.07. The predicted molar refractivity (Wildman–Crippen MR) is 83.9 cm³/mol. The van der Waals surface area contributed by atoms with Crippen molar-refractivity contribution in [3.05, 3.63) is 0 Å². The second kappa shape index (κ2) is 7.09. The highest BCUT2D eigenvalue weighted by atomic mass is 32.2. The molecule has 6 heteroatoms. The molecule has 0 saturated heterocycles. The Kier molecular flexibility index (Phi) is 5.66. The fourth-order valence-electron chi connectivity index (χ4n) is 3.44. The first-order chi connectivity index (χ1) is 9.88. The number of carbonyl (C=O) groups excluding carboxylic acids is 1. The topological polar surface area (TPSA) is 66.5 Å². The van der Waals surface area contributed by atoms with E-state index in [9.17, 15) is 13.2 Å². The summed E-state index contributed by atoms with van der Waals surface area (Å²) in [7, 11) is -1.18. The molecule has 21 heavy (non-hydrogen) atoms. The number of nitrogens with one attached hydrogen (secondary N) is 1. The van der Waals surface area contributed by atoms with Crippen LogP contribution < -0.4 is 5.32 Å². The van der Waals surface area contributed by atoms with Gasteiger partial charge in [-0.15, -0.1) is 0 Å². The van der Waals surface area contributed by atoms with Gasteiger partial charge >= 0.3 is 0 Å². The van der Waals surface area contributed by atoms with Crippen LogP contribution in [0.15, 0.2) is 0 Å². The van der Waals surface area contributed by atoms with Gasteiger partial charge in [-0.1, -0.05) is 19.3 Å². The second-order valence-corrected chi connectivity index (χ2v) is 9.00. The van der Waals surface area contributed by atoms with Crippen LogP contribution in [0, 0.1) is 5.92 Å². The lowest BCUT2D eigenvalue weighted by molar-refractivity contribution is -0.122. The number of nitrogens with zero attached hydrogens (tertiary/aromatic N) is 1. The Balaban J connectivity index is 1.84. The summed E-state index contributed by atoms with van der Waals surface area (Å²) in [4.78, 5) is 13.9. The van der Waals surface area contributed by atoms with Gasteiger partial charge in [-0.05, 0) is 38.6 Å². The largest absolute Gasteiger partial charge is 0.355 e. The van der Waals surface area contributed by atoms with Crippen molar-refractivity contribution in [2.75, 3.05) is 26.4 Å². The van der Waals surface area contributed by atoms with Gasteiger partial charge in [0, 0.05) is 18.8 Å². The monoisotopic (exact) mass is 316 g/mol. The van der Waals surface area contributed by atoms with Crippen LogP contribution in [0.2, 0.25) is 0 Å². The van der Waals surface area contributed by atoms with Gasteiger partial charge in [-0.25, -0.2) is 8.42 Å². The van der Waals surface area contributed by atoms with E-state index in [1.54, 1.807) is 0 Å². The third kappa shape index (κ3) is 4.68. The third-order valence-electron chi connectivity index (χ3n) is 4.99. The van der Waals surface area contributed by atoms with E-state index in [0.29, 0.717) is 12.5 Å². The molecule has 0 aromatic carbocycles. The molecule has 2 aliphatic rings. The van der Waals surface area contributed by atoms with Gasteiger partial charge in [0.2, 0.25) is 5.91 Å². The summed E-state index contributed by atoms with van der Waals surface area (Å²) in [6, 6.07) is -0.0248. The molecule has 2 atom stereocenters. The Morgan fingerprint density at radius 3 is 2.38 bits per heavy atom. The maximum absolute atomic E-state index is 12.0. The maximum atomic E-state index is 12.0. The van der Waals surface area contributed by atoms with Crippen molar-refractivity contribution in [1.29, 1.82) is 0 Å². The standard InChI is InChI=1S/C15H28N2O3S/c1-17(11-15(18)16-10-12-6-5-7-12)13-8-3-4-9-14(13)21(2,19)20/h12-14H,3-11H2,1-2H3,(H,16,18)/t13-,14+/m1/s1. The highest BCUT2D eigenvalue weighted by Crippen LogP contribution is 2.27. The van der Waals surface area contributed by atoms with Crippen LogP contribution in [0.25, 0.3) is 0 Å². The highest BCUT2D eigenvalue weighted by molar-refractivity contribution is 7.91. The van der Waals surface area contributed by atoms with E-state index in [-0.39, 0.29) is 17.2 Å². The van der Waals surface area contributed by atoms with Crippen molar-refractivity contribution in [2.24, 2.45) is 5.92 Å². The maximum Gasteiger partial charge on any atom is 0.234 e.